The molecule has 8 nitrogen and oxygen atoms in total. The SMILES string of the molecule is Cc1ccc2c(ccn2-c2cc(C(N)=O)ccc2CNC(=O)C2[CH]C2)c1N1C=CON1. The van der Waals surface area contributed by atoms with Gasteiger partial charge in [-0.05, 0) is 55.2 Å². The van der Waals surface area contributed by atoms with Gasteiger partial charge in [0.05, 0.1) is 23.1 Å². The number of hydrogen-bond donors (Lipinski definition) is 3. The number of carbonyl (C=O) groups excluding carboxylic acids is 2. The van der Waals surface area contributed by atoms with Gasteiger partial charge in [-0.3, -0.25) is 9.59 Å². The summed E-state index contributed by atoms with van der Waals surface area (Å²) in [6.45, 7) is 2.39. The van der Waals surface area contributed by atoms with Crippen LogP contribution in [0.3, 0.4) is 0 Å². The van der Waals surface area contributed by atoms with E-state index in [9.17, 15) is 9.59 Å². The van der Waals surface area contributed by atoms with Crippen LogP contribution in [-0.4, -0.2) is 16.4 Å². The van der Waals surface area contributed by atoms with Crippen molar-refractivity contribution in [3.8, 4) is 5.69 Å². The number of rotatable bonds is 6. The normalized spacial score (nSPS) is 15.3. The summed E-state index contributed by atoms with van der Waals surface area (Å²) in [5.74, 6) is -0.470. The van der Waals surface area contributed by atoms with Crippen molar-refractivity contribution in [2.75, 3.05) is 5.01 Å². The van der Waals surface area contributed by atoms with E-state index < -0.39 is 5.91 Å². The molecule has 5 rings (SSSR count). The molecule has 1 unspecified atom stereocenters. The van der Waals surface area contributed by atoms with Crippen molar-refractivity contribution in [2.45, 2.75) is 19.9 Å². The zero-order chi connectivity index (χ0) is 21.5. The highest BCUT2D eigenvalue weighted by atomic mass is 16.7. The third kappa shape index (κ3) is 3.51. The van der Waals surface area contributed by atoms with E-state index in [1.165, 1.54) is 0 Å². The molecule has 157 valence electrons. The van der Waals surface area contributed by atoms with Crippen molar-refractivity contribution >= 4 is 28.4 Å². The number of nitrogens with zero attached hydrogens (tertiary/aromatic N) is 2. The molecule has 1 aliphatic heterocycles. The number of primary amides is 1. The Kier molecular flexibility index (Phi) is 4.63. The summed E-state index contributed by atoms with van der Waals surface area (Å²) < 4.78 is 2.01. The van der Waals surface area contributed by atoms with E-state index in [0.717, 1.165) is 39.8 Å². The van der Waals surface area contributed by atoms with E-state index in [-0.39, 0.29) is 11.8 Å². The van der Waals surface area contributed by atoms with Gasteiger partial charge in [-0.15, -0.1) is 0 Å². The molecule has 2 aromatic carbocycles. The number of fused-ring (bicyclic) bond motifs is 1. The second kappa shape index (κ2) is 7.48. The minimum Gasteiger partial charge on any atom is -0.395 e. The minimum atomic E-state index is -0.499. The van der Waals surface area contributed by atoms with Gasteiger partial charge in [0.25, 0.3) is 0 Å². The van der Waals surface area contributed by atoms with E-state index in [1.54, 1.807) is 18.4 Å². The predicted molar refractivity (Wildman–Crippen MR) is 117 cm³/mol. The van der Waals surface area contributed by atoms with Crippen molar-refractivity contribution in [3.05, 3.63) is 78.2 Å². The molecule has 0 bridgehead atoms. The van der Waals surface area contributed by atoms with Gasteiger partial charge in [0.1, 0.15) is 6.26 Å². The highest BCUT2D eigenvalue weighted by Gasteiger charge is 2.30. The van der Waals surface area contributed by atoms with Crippen LogP contribution >= 0.6 is 0 Å². The van der Waals surface area contributed by atoms with Crippen LogP contribution in [0, 0.1) is 19.3 Å². The Labute approximate surface area is 179 Å². The molecule has 1 atom stereocenters. The Morgan fingerprint density at radius 1 is 1.26 bits per heavy atom. The largest absolute Gasteiger partial charge is 0.395 e. The molecule has 0 saturated heterocycles. The zero-order valence-corrected chi connectivity index (χ0v) is 17.0. The molecule has 8 heteroatoms. The van der Waals surface area contributed by atoms with Gasteiger partial charge in [-0.25, -0.2) is 5.01 Å². The van der Waals surface area contributed by atoms with Crippen molar-refractivity contribution in [1.82, 2.24) is 15.5 Å². The standard InChI is InChI=1S/C23H22N5O3/c1-14-2-7-19-18(21(14)28-10-11-31-26-28)8-9-27(19)20-12-16(22(24)29)5-6-17(20)13-25-23(30)15-3-4-15/h2-3,5-12,15,26H,4,13H2,1H3,(H2,24,29)(H,25,30). The van der Waals surface area contributed by atoms with Crippen LogP contribution in [-0.2, 0) is 16.2 Å². The molecule has 1 aromatic heterocycles. The number of aromatic nitrogens is 1. The van der Waals surface area contributed by atoms with Crippen molar-refractivity contribution in [1.29, 1.82) is 0 Å². The van der Waals surface area contributed by atoms with Crippen LogP contribution in [0.15, 0.2) is 55.1 Å². The lowest BCUT2D eigenvalue weighted by Gasteiger charge is -2.19. The second-order valence-corrected chi connectivity index (χ2v) is 7.72. The van der Waals surface area contributed by atoms with Gasteiger partial charge in [0.15, 0.2) is 0 Å². The molecule has 0 spiro atoms. The van der Waals surface area contributed by atoms with Crippen LogP contribution < -0.4 is 21.6 Å². The molecule has 1 saturated carbocycles. The first-order valence-corrected chi connectivity index (χ1v) is 10.0. The first-order chi connectivity index (χ1) is 15.0. The highest BCUT2D eigenvalue weighted by molar-refractivity contribution is 5.97. The van der Waals surface area contributed by atoms with Gasteiger partial charge in [-0.2, -0.15) is 0 Å². The first-order valence-electron chi connectivity index (χ1n) is 10.0. The number of amides is 2. The average molecular weight is 416 g/mol. The van der Waals surface area contributed by atoms with Gasteiger partial charge in [0, 0.05) is 29.6 Å². The molecular formula is C23H22N5O3. The quantitative estimate of drug-likeness (QED) is 0.573. The number of hydrogen-bond acceptors (Lipinski definition) is 5. The minimum absolute atomic E-state index is 0.00881. The lowest BCUT2D eigenvalue weighted by molar-refractivity contribution is -0.122. The fourth-order valence-electron chi connectivity index (χ4n) is 3.86. The maximum Gasteiger partial charge on any atom is 0.248 e. The summed E-state index contributed by atoms with van der Waals surface area (Å²) in [6, 6.07) is 11.4. The van der Waals surface area contributed by atoms with Crippen LogP contribution in [0.5, 0.6) is 0 Å². The molecule has 3 aromatic rings. The van der Waals surface area contributed by atoms with Crippen molar-refractivity contribution < 1.29 is 14.4 Å². The molecule has 1 fully saturated rings. The lowest BCUT2D eigenvalue weighted by atomic mass is 10.1. The maximum atomic E-state index is 12.1. The third-order valence-electron chi connectivity index (χ3n) is 5.61. The molecule has 2 aliphatic rings. The fourth-order valence-corrected chi connectivity index (χ4v) is 3.86. The number of nitrogens with two attached hydrogens (primary N) is 1. The highest BCUT2D eigenvalue weighted by Crippen LogP contribution is 2.34. The first kappa shape index (κ1) is 19.2. The lowest BCUT2D eigenvalue weighted by Crippen LogP contribution is -2.27. The Balaban J connectivity index is 1.60. The Hall–Kier alpha value is -3.78. The van der Waals surface area contributed by atoms with E-state index in [1.807, 2.05) is 59.6 Å². The average Bonchev–Trinajstić information content (AvgIpc) is 3.31. The number of hydrazine groups is 1. The molecule has 2 heterocycles. The van der Waals surface area contributed by atoms with Crippen molar-refractivity contribution in [2.24, 2.45) is 11.7 Å². The summed E-state index contributed by atoms with van der Waals surface area (Å²) in [5, 5.41) is 5.81. The summed E-state index contributed by atoms with van der Waals surface area (Å²) in [6.07, 6.45) is 8.13. The zero-order valence-electron chi connectivity index (χ0n) is 17.0. The summed E-state index contributed by atoms with van der Waals surface area (Å²) in [5.41, 5.74) is 13.5. The number of carbonyl (C=O) groups is 2. The topological polar surface area (TPSA) is 102 Å². The number of aryl methyl sites for hydroxylation is 1. The summed E-state index contributed by atoms with van der Waals surface area (Å²) >= 11 is 0. The number of anilines is 1. The second-order valence-electron chi connectivity index (χ2n) is 7.72. The Morgan fingerprint density at radius 3 is 2.81 bits per heavy atom. The van der Waals surface area contributed by atoms with Gasteiger partial charge in [0.2, 0.25) is 11.8 Å². The molecule has 31 heavy (non-hydrogen) atoms. The van der Waals surface area contributed by atoms with Gasteiger partial charge >= 0.3 is 0 Å². The van der Waals surface area contributed by atoms with Crippen LogP contribution in [0.4, 0.5) is 5.69 Å². The Morgan fingerprint density at radius 2 is 2.10 bits per heavy atom. The van der Waals surface area contributed by atoms with Crippen LogP contribution in [0.2, 0.25) is 0 Å². The summed E-state index contributed by atoms with van der Waals surface area (Å²) in [4.78, 5) is 29.1. The number of nitrogens with one attached hydrogen (secondary N) is 2. The monoisotopic (exact) mass is 416 g/mol. The summed E-state index contributed by atoms with van der Waals surface area (Å²) in [7, 11) is 0. The predicted octanol–water partition coefficient (Wildman–Crippen LogP) is 2.61. The third-order valence-corrected chi connectivity index (χ3v) is 5.61. The molecule has 1 aliphatic carbocycles. The molecule has 2 amide bonds. The van der Waals surface area contributed by atoms with Crippen molar-refractivity contribution in [3.63, 3.8) is 0 Å². The van der Waals surface area contributed by atoms with Gasteiger partial charge in [-0.1, -0.05) is 17.7 Å². The maximum absolute atomic E-state index is 12.1. The van der Waals surface area contributed by atoms with Gasteiger partial charge < -0.3 is 20.5 Å². The smallest absolute Gasteiger partial charge is 0.248 e. The fraction of sp³-hybridized carbons (Fsp3) is 0.174. The van der Waals surface area contributed by atoms with Crippen LogP contribution in [0.1, 0.15) is 27.9 Å². The molecule has 1 radical (unpaired) electrons. The van der Waals surface area contributed by atoms with E-state index in [4.69, 9.17) is 10.6 Å². The molecule has 4 N–H and O–H groups in total. The van der Waals surface area contributed by atoms with Crippen LogP contribution in [0.25, 0.3) is 16.6 Å². The Bertz CT molecular complexity index is 1230. The molecular weight excluding hydrogens is 394 g/mol. The number of benzene rings is 2. The van der Waals surface area contributed by atoms with E-state index >= 15 is 0 Å². The van der Waals surface area contributed by atoms with E-state index in [2.05, 4.69) is 10.9 Å². The van der Waals surface area contributed by atoms with E-state index in [0.29, 0.717) is 12.1 Å².